The predicted molar refractivity (Wildman–Crippen MR) is 119 cm³/mol. The lowest BCUT2D eigenvalue weighted by molar-refractivity contribution is 0.795. The van der Waals surface area contributed by atoms with Crippen LogP contribution in [0, 0.1) is 0 Å². The largest absolute Gasteiger partial charge is 0.304 e. The molecule has 0 aromatic carbocycles. The molecule has 6 nitrogen and oxygen atoms in total. The second-order valence-electron chi connectivity index (χ2n) is 5.78. The Morgan fingerprint density at radius 3 is 1.64 bits per heavy atom. The van der Waals surface area contributed by atoms with E-state index in [0.717, 1.165) is 43.2 Å². The van der Waals surface area contributed by atoms with Gasteiger partial charge in [-0.2, -0.15) is 0 Å². The first kappa shape index (κ1) is 19.4. The summed E-state index contributed by atoms with van der Waals surface area (Å²) in [5.41, 5.74) is 0. The molecule has 0 atom stereocenters. The Labute approximate surface area is 179 Å². The van der Waals surface area contributed by atoms with Gasteiger partial charge in [0.15, 0.2) is 22.0 Å². The summed E-state index contributed by atoms with van der Waals surface area (Å²) in [5, 5.41) is 23.2. The van der Waals surface area contributed by atoms with Crippen molar-refractivity contribution in [2.45, 2.75) is 10.3 Å². The molecule has 0 unspecified atom stereocenters. The fraction of sp³-hybridized carbons (Fsp3) is 0.222. The van der Waals surface area contributed by atoms with E-state index in [2.05, 4.69) is 55.4 Å². The highest BCUT2D eigenvalue weighted by molar-refractivity contribution is 7.99. The fourth-order valence-electron chi connectivity index (χ4n) is 2.50. The normalized spacial score (nSPS) is 11.6. The molecule has 10 heteroatoms. The van der Waals surface area contributed by atoms with Crippen molar-refractivity contribution in [3.63, 3.8) is 0 Å². The van der Waals surface area contributed by atoms with Crippen LogP contribution in [0.25, 0.3) is 21.4 Å². The minimum absolute atomic E-state index is 0.857. The molecule has 0 aliphatic rings. The van der Waals surface area contributed by atoms with Gasteiger partial charge in [-0.05, 0) is 22.9 Å². The summed E-state index contributed by atoms with van der Waals surface area (Å²) < 4.78 is 4.09. The van der Waals surface area contributed by atoms with Gasteiger partial charge in [0.05, 0.1) is 9.75 Å². The van der Waals surface area contributed by atoms with Gasteiger partial charge in [0.25, 0.3) is 0 Å². The first-order valence-corrected chi connectivity index (χ1v) is 12.2. The molecule has 0 saturated carbocycles. The average Bonchev–Trinajstić information content (AvgIpc) is 3.47. The Kier molecular flexibility index (Phi) is 6.30. The second kappa shape index (κ2) is 9.08. The summed E-state index contributed by atoms with van der Waals surface area (Å²) in [6, 6.07) is 8.19. The Hall–Kier alpha value is -1.88. The van der Waals surface area contributed by atoms with Crippen LogP contribution < -0.4 is 0 Å². The maximum Gasteiger partial charge on any atom is 0.191 e. The zero-order chi connectivity index (χ0) is 19.3. The van der Waals surface area contributed by atoms with Gasteiger partial charge in [0.2, 0.25) is 0 Å². The molecule has 0 aliphatic carbocycles. The maximum absolute atomic E-state index is 4.30. The minimum atomic E-state index is 0.857. The number of thioether (sulfide) groups is 2. The smallest absolute Gasteiger partial charge is 0.191 e. The number of aromatic nitrogens is 6. The first-order valence-electron chi connectivity index (χ1n) is 8.51. The van der Waals surface area contributed by atoms with Crippen LogP contribution in [0.15, 0.2) is 57.5 Å². The van der Waals surface area contributed by atoms with Crippen molar-refractivity contribution in [1.82, 2.24) is 29.5 Å². The predicted octanol–water partition coefficient (Wildman–Crippen LogP) is 4.84. The molecule has 0 spiro atoms. The van der Waals surface area contributed by atoms with Gasteiger partial charge in [0.1, 0.15) is 0 Å². The van der Waals surface area contributed by atoms with E-state index in [1.165, 1.54) is 0 Å². The molecule has 144 valence electrons. The van der Waals surface area contributed by atoms with Crippen LogP contribution in [0.1, 0.15) is 0 Å². The molecular formula is C18H18N6S4. The van der Waals surface area contributed by atoms with Crippen molar-refractivity contribution in [1.29, 1.82) is 0 Å². The van der Waals surface area contributed by atoms with Crippen molar-refractivity contribution in [3.05, 3.63) is 47.2 Å². The third-order valence-corrected chi connectivity index (χ3v) is 7.61. The highest BCUT2D eigenvalue weighted by atomic mass is 32.2. The average molecular weight is 447 g/mol. The molecule has 28 heavy (non-hydrogen) atoms. The second-order valence-corrected chi connectivity index (χ2v) is 9.65. The van der Waals surface area contributed by atoms with Gasteiger partial charge in [-0.15, -0.1) is 43.1 Å². The molecule has 0 aliphatic heterocycles. The van der Waals surface area contributed by atoms with Gasteiger partial charge in [-0.1, -0.05) is 47.8 Å². The number of hydrogen-bond donors (Lipinski definition) is 0. The van der Waals surface area contributed by atoms with Crippen molar-refractivity contribution in [3.8, 4) is 21.4 Å². The van der Waals surface area contributed by atoms with Crippen LogP contribution in [0.4, 0.5) is 0 Å². The number of thiophene rings is 2. The summed E-state index contributed by atoms with van der Waals surface area (Å²) in [7, 11) is 4.02. The number of rotatable bonds is 8. The van der Waals surface area contributed by atoms with Crippen LogP contribution in [0.2, 0.25) is 0 Å². The minimum Gasteiger partial charge on any atom is -0.304 e. The molecule has 4 heterocycles. The Bertz CT molecular complexity index is 962. The van der Waals surface area contributed by atoms with E-state index in [4.69, 9.17) is 0 Å². The molecule has 0 amide bonds. The first-order chi connectivity index (χ1) is 13.7. The fourth-order valence-corrected chi connectivity index (χ4v) is 5.51. The summed E-state index contributed by atoms with van der Waals surface area (Å²) in [5.74, 6) is 3.55. The standard InChI is InChI=1S/C18H18N6S4/c1-23-15(13-7-5-11-25-13)19-21-17(23)27-9-3-4-10-28-18-22-20-16(24(18)2)14-8-6-12-26-14/h3-8,11-12H,9-10H2,1-2H3/b4-3+. The number of hydrogen-bond acceptors (Lipinski definition) is 8. The molecular weight excluding hydrogens is 429 g/mol. The third-order valence-electron chi connectivity index (χ3n) is 3.94. The molecule has 4 aromatic heterocycles. The molecule has 0 radical (unpaired) electrons. The highest BCUT2D eigenvalue weighted by Gasteiger charge is 2.12. The Morgan fingerprint density at radius 2 is 1.25 bits per heavy atom. The lowest BCUT2D eigenvalue weighted by Crippen LogP contribution is -1.94. The van der Waals surface area contributed by atoms with Crippen molar-refractivity contribution in [2.24, 2.45) is 14.1 Å². The zero-order valence-corrected chi connectivity index (χ0v) is 18.6. The molecule has 0 fully saturated rings. The van der Waals surface area contributed by atoms with E-state index >= 15 is 0 Å². The summed E-state index contributed by atoms with van der Waals surface area (Å²) in [6.45, 7) is 0. The molecule has 0 N–H and O–H groups in total. The summed E-state index contributed by atoms with van der Waals surface area (Å²) >= 11 is 6.72. The van der Waals surface area contributed by atoms with E-state index < -0.39 is 0 Å². The zero-order valence-electron chi connectivity index (χ0n) is 15.3. The van der Waals surface area contributed by atoms with Crippen LogP contribution in [-0.2, 0) is 14.1 Å². The van der Waals surface area contributed by atoms with E-state index in [0.29, 0.717) is 0 Å². The van der Waals surface area contributed by atoms with Crippen molar-refractivity contribution in [2.75, 3.05) is 11.5 Å². The SMILES string of the molecule is Cn1c(SC/C=C/CSc2nnc(-c3cccs3)n2C)nnc1-c1cccs1. The molecule has 4 aromatic rings. The Morgan fingerprint density at radius 1 is 0.786 bits per heavy atom. The van der Waals surface area contributed by atoms with Crippen LogP contribution >= 0.6 is 46.2 Å². The van der Waals surface area contributed by atoms with Crippen LogP contribution in [-0.4, -0.2) is 41.0 Å². The van der Waals surface area contributed by atoms with Crippen molar-refractivity contribution >= 4 is 46.2 Å². The maximum atomic E-state index is 4.30. The van der Waals surface area contributed by atoms with Gasteiger partial charge < -0.3 is 9.13 Å². The molecule has 4 rings (SSSR count). The van der Waals surface area contributed by atoms with Crippen LogP contribution in [0.3, 0.4) is 0 Å². The summed E-state index contributed by atoms with van der Waals surface area (Å²) in [6.07, 6.45) is 4.32. The van der Waals surface area contributed by atoms with E-state index in [-0.39, 0.29) is 0 Å². The highest BCUT2D eigenvalue weighted by Crippen LogP contribution is 2.27. The van der Waals surface area contributed by atoms with Gasteiger partial charge in [-0.3, -0.25) is 0 Å². The lowest BCUT2D eigenvalue weighted by atomic mass is 10.4. The quantitative estimate of drug-likeness (QED) is 0.285. The van der Waals surface area contributed by atoms with Gasteiger partial charge in [0, 0.05) is 25.6 Å². The van der Waals surface area contributed by atoms with E-state index in [9.17, 15) is 0 Å². The Balaban J connectivity index is 1.27. The molecule has 0 saturated heterocycles. The number of nitrogens with zero attached hydrogens (tertiary/aromatic N) is 6. The molecule has 0 bridgehead atoms. The van der Waals surface area contributed by atoms with E-state index in [1.54, 1.807) is 46.2 Å². The lowest BCUT2D eigenvalue weighted by Gasteiger charge is -2.01. The van der Waals surface area contributed by atoms with Gasteiger partial charge >= 0.3 is 0 Å². The third kappa shape index (κ3) is 4.24. The summed E-state index contributed by atoms with van der Waals surface area (Å²) in [4.78, 5) is 2.28. The topological polar surface area (TPSA) is 61.4 Å². The van der Waals surface area contributed by atoms with E-state index in [1.807, 2.05) is 35.4 Å². The van der Waals surface area contributed by atoms with Crippen LogP contribution in [0.5, 0.6) is 0 Å². The monoisotopic (exact) mass is 446 g/mol. The van der Waals surface area contributed by atoms with Gasteiger partial charge in [-0.25, -0.2) is 0 Å². The van der Waals surface area contributed by atoms with Crippen molar-refractivity contribution < 1.29 is 0 Å².